The van der Waals surface area contributed by atoms with Crippen LogP contribution < -0.4 is 5.32 Å². The smallest absolute Gasteiger partial charge is 0.316 e. The summed E-state index contributed by atoms with van der Waals surface area (Å²) in [5.74, 6) is 0.176. The maximum Gasteiger partial charge on any atom is 0.316 e. The summed E-state index contributed by atoms with van der Waals surface area (Å²) in [6.45, 7) is 3.82. The van der Waals surface area contributed by atoms with Crippen molar-refractivity contribution in [2.24, 2.45) is 0 Å². The molecule has 1 aromatic heterocycles. The van der Waals surface area contributed by atoms with Crippen molar-refractivity contribution in [3.8, 4) is 5.75 Å². The second-order valence-electron chi connectivity index (χ2n) is 4.11. The van der Waals surface area contributed by atoms with Gasteiger partial charge in [-0.3, -0.25) is 4.79 Å². The Kier molecular flexibility index (Phi) is 3.27. The number of phenolic OH excluding ortho intramolecular Hbond substituents is 1. The number of anilines is 1. The van der Waals surface area contributed by atoms with Gasteiger partial charge in [0.25, 0.3) is 0 Å². The Balaban J connectivity index is 2.09. The molecule has 0 aliphatic heterocycles. The molecule has 18 heavy (non-hydrogen) atoms. The minimum absolute atomic E-state index is 0.0771. The van der Waals surface area contributed by atoms with Gasteiger partial charge >= 0.3 is 11.8 Å². The molecule has 0 saturated heterocycles. The van der Waals surface area contributed by atoms with E-state index in [4.69, 9.17) is 9.63 Å². The quantitative estimate of drug-likeness (QED) is 0.811. The summed E-state index contributed by atoms with van der Waals surface area (Å²) in [6.07, 6.45) is 0. The van der Waals surface area contributed by atoms with E-state index in [1.165, 1.54) is 12.1 Å². The van der Waals surface area contributed by atoms with Crippen LogP contribution in [0.1, 0.15) is 36.3 Å². The molecule has 0 unspecified atom stereocenters. The van der Waals surface area contributed by atoms with Gasteiger partial charge in [-0.05, 0) is 24.3 Å². The van der Waals surface area contributed by atoms with Gasteiger partial charge in [0.2, 0.25) is 0 Å². The molecule has 0 aliphatic carbocycles. The van der Waals surface area contributed by atoms with Crippen molar-refractivity contribution in [3.63, 3.8) is 0 Å². The fraction of sp³-hybridized carbons (Fsp3) is 0.250. The van der Waals surface area contributed by atoms with Crippen LogP contribution in [-0.2, 0) is 0 Å². The van der Waals surface area contributed by atoms with E-state index < -0.39 is 5.91 Å². The lowest BCUT2D eigenvalue weighted by molar-refractivity contribution is 0.0981. The lowest BCUT2D eigenvalue weighted by atomic mass is 10.2. The van der Waals surface area contributed by atoms with Crippen molar-refractivity contribution in [2.75, 3.05) is 5.32 Å². The Morgan fingerprint density at radius 1 is 1.33 bits per heavy atom. The Labute approximate surface area is 104 Å². The number of hydrogen-bond acceptors (Lipinski definition) is 5. The fourth-order valence-electron chi connectivity index (χ4n) is 1.29. The highest BCUT2D eigenvalue weighted by molar-refractivity contribution is 6.00. The Hall–Kier alpha value is -2.37. The monoisotopic (exact) mass is 247 g/mol. The summed E-state index contributed by atoms with van der Waals surface area (Å²) < 4.78 is 4.86. The van der Waals surface area contributed by atoms with E-state index in [2.05, 4.69) is 15.5 Å². The number of hydrogen-bond donors (Lipinski definition) is 2. The normalized spacial score (nSPS) is 10.6. The number of carbonyl (C=O) groups excluding carboxylic acids is 1. The third kappa shape index (κ3) is 2.65. The standard InChI is InChI=1S/C12H13N3O3/c1-7(2)10-14-12(18-15-10)11(17)13-8-3-5-9(16)6-4-8/h3-7,16H,1-2H3,(H,13,17). The van der Waals surface area contributed by atoms with Crippen molar-refractivity contribution >= 4 is 11.6 Å². The van der Waals surface area contributed by atoms with E-state index in [0.29, 0.717) is 11.5 Å². The maximum absolute atomic E-state index is 11.8. The number of aromatic hydroxyl groups is 1. The van der Waals surface area contributed by atoms with Crippen LogP contribution in [0.3, 0.4) is 0 Å². The average molecular weight is 247 g/mol. The number of nitrogens with zero attached hydrogens (tertiary/aromatic N) is 2. The number of benzene rings is 1. The van der Waals surface area contributed by atoms with Gasteiger partial charge in [-0.15, -0.1) is 0 Å². The molecule has 0 saturated carbocycles. The number of carbonyl (C=O) groups is 1. The van der Waals surface area contributed by atoms with Gasteiger partial charge in [0.15, 0.2) is 5.82 Å². The molecule has 0 radical (unpaired) electrons. The Morgan fingerprint density at radius 3 is 2.56 bits per heavy atom. The topological polar surface area (TPSA) is 88.2 Å². The maximum atomic E-state index is 11.8. The number of aromatic nitrogens is 2. The van der Waals surface area contributed by atoms with Gasteiger partial charge < -0.3 is 14.9 Å². The molecule has 6 heteroatoms. The van der Waals surface area contributed by atoms with Gasteiger partial charge in [-0.25, -0.2) is 0 Å². The van der Waals surface area contributed by atoms with Crippen molar-refractivity contribution in [2.45, 2.75) is 19.8 Å². The second-order valence-corrected chi connectivity index (χ2v) is 4.11. The summed E-state index contributed by atoms with van der Waals surface area (Å²) in [5, 5.41) is 15.4. The van der Waals surface area contributed by atoms with Crippen LogP contribution in [0.2, 0.25) is 0 Å². The van der Waals surface area contributed by atoms with Gasteiger partial charge in [-0.1, -0.05) is 19.0 Å². The first-order valence-electron chi connectivity index (χ1n) is 5.50. The zero-order valence-electron chi connectivity index (χ0n) is 10.0. The zero-order valence-corrected chi connectivity index (χ0v) is 10.0. The molecule has 2 N–H and O–H groups in total. The van der Waals surface area contributed by atoms with Gasteiger partial charge in [0.1, 0.15) is 5.75 Å². The van der Waals surface area contributed by atoms with E-state index in [1.54, 1.807) is 12.1 Å². The first kappa shape index (κ1) is 12.1. The van der Waals surface area contributed by atoms with Crippen molar-refractivity contribution in [1.82, 2.24) is 10.1 Å². The van der Waals surface area contributed by atoms with Gasteiger partial charge in [0, 0.05) is 11.6 Å². The Bertz CT molecular complexity index is 546. The second kappa shape index (κ2) is 4.87. The summed E-state index contributed by atoms with van der Waals surface area (Å²) in [7, 11) is 0. The summed E-state index contributed by atoms with van der Waals surface area (Å²) in [5.41, 5.74) is 0.544. The molecule has 6 nitrogen and oxygen atoms in total. The highest BCUT2D eigenvalue weighted by Crippen LogP contribution is 2.15. The summed E-state index contributed by atoms with van der Waals surface area (Å²) >= 11 is 0. The van der Waals surface area contributed by atoms with Crippen LogP contribution in [0, 0.1) is 0 Å². The molecule has 1 heterocycles. The zero-order chi connectivity index (χ0) is 13.1. The predicted octanol–water partition coefficient (Wildman–Crippen LogP) is 2.15. The van der Waals surface area contributed by atoms with E-state index >= 15 is 0 Å². The summed E-state index contributed by atoms with van der Waals surface area (Å²) in [6, 6.07) is 6.10. The van der Waals surface area contributed by atoms with Crippen LogP contribution >= 0.6 is 0 Å². The lowest BCUT2D eigenvalue weighted by Gasteiger charge is -2.01. The van der Waals surface area contributed by atoms with Crippen LogP contribution in [0.5, 0.6) is 5.75 Å². The molecule has 94 valence electrons. The molecular formula is C12H13N3O3. The molecule has 1 amide bonds. The highest BCUT2D eigenvalue weighted by atomic mass is 16.5. The lowest BCUT2D eigenvalue weighted by Crippen LogP contribution is -2.12. The van der Waals surface area contributed by atoms with Crippen LogP contribution in [0.15, 0.2) is 28.8 Å². The molecule has 0 atom stereocenters. The highest BCUT2D eigenvalue weighted by Gasteiger charge is 2.16. The molecule has 2 rings (SSSR count). The van der Waals surface area contributed by atoms with E-state index in [9.17, 15) is 4.79 Å². The van der Waals surface area contributed by atoms with E-state index in [-0.39, 0.29) is 17.6 Å². The van der Waals surface area contributed by atoms with Crippen molar-refractivity contribution in [3.05, 3.63) is 36.0 Å². The van der Waals surface area contributed by atoms with Crippen molar-refractivity contribution in [1.29, 1.82) is 0 Å². The van der Waals surface area contributed by atoms with Crippen LogP contribution in [0.25, 0.3) is 0 Å². The molecule has 0 bridgehead atoms. The fourth-order valence-corrected chi connectivity index (χ4v) is 1.29. The third-order valence-corrected chi connectivity index (χ3v) is 2.28. The summed E-state index contributed by atoms with van der Waals surface area (Å²) in [4.78, 5) is 15.7. The van der Waals surface area contributed by atoms with E-state index in [0.717, 1.165) is 0 Å². The van der Waals surface area contributed by atoms with Gasteiger partial charge in [-0.2, -0.15) is 4.98 Å². The predicted molar refractivity (Wildman–Crippen MR) is 64.4 cm³/mol. The first-order chi connectivity index (χ1) is 8.56. The van der Waals surface area contributed by atoms with Crippen molar-refractivity contribution < 1.29 is 14.4 Å². The number of phenols is 1. The minimum atomic E-state index is -0.472. The molecular weight excluding hydrogens is 234 g/mol. The number of nitrogens with one attached hydrogen (secondary N) is 1. The third-order valence-electron chi connectivity index (χ3n) is 2.28. The van der Waals surface area contributed by atoms with E-state index in [1.807, 2.05) is 13.8 Å². The minimum Gasteiger partial charge on any atom is -0.508 e. The van der Waals surface area contributed by atoms with Gasteiger partial charge in [0.05, 0.1) is 0 Å². The SMILES string of the molecule is CC(C)c1noc(C(=O)Nc2ccc(O)cc2)n1. The molecule has 0 spiro atoms. The van der Waals surface area contributed by atoms with Crippen LogP contribution in [0.4, 0.5) is 5.69 Å². The molecule has 2 aromatic rings. The van der Waals surface area contributed by atoms with Crippen LogP contribution in [-0.4, -0.2) is 21.2 Å². The first-order valence-corrected chi connectivity index (χ1v) is 5.50. The number of rotatable bonds is 3. The molecule has 1 aromatic carbocycles. The molecule has 0 aliphatic rings. The Morgan fingerprint density at radius 2 is 2.00 bits per heavy atom. The average Bonchev–Trinajstić information content (AvgIpc) is 2.81. The molecule has 0 fully saturated rings. The number of amides is 1. The largest absolute Gasteiger partial charge is 0.508 e.